The molecule has 0 aliphatic heterocycles. The first-order valence-corrected chi connectivity index (χ1v) is 7.00. The Balaban J connectivity index is 0.000000585. The summed E-state index contributed by atoms with van der Waals surface area (Å²) in [6, 6.07) is 8.82. The lowest BCUT2D eigenvalue weighted by Crippen LogP contribution is -2.06. The smallest absolute Gasteiger partial charge is 0.449 e. The van der Waals surface area contributed by atoms with Gasteiger partial charge >= 0.3 is 18.3 Å². The van der Waals surface area contributed by atoms with Crippen molar-refractivity contribution in [2.45, 2.75) is 32.6 Å². The van der Waals surface area contributed by atoms with E-state index in [-0.39, 0.29) is 0 Å². The van der Waals surface area contributed by atoms with E-state index in [2.05, 4.69) is 16.5 Å². The number of ether oxygens (including phenoxy) is 1. The van der Waals surface area contributed by atoms with Crippen LogP contribution in [0, 0.1) is 0 Å². The lowest BCUT2D eigenvalue weighted by Gasteiger charge is -2.03. The molecule has 0 heterocycles. The van der Waals surface area contributed by atoms with Gasteiger partial charge in [-0.2, -0.15) is 4.89 Å². The Bertz CT molecular complexity index is 460. The van der Waals surface area contributed by atoms with Gasteiger partial charge in [0, 0.05) is 0 Å². The summed E-state index contributed by atoms with van der Waals surface area (Å²) in [5, 5.41) is 15.0. The van der Waals surface area contributed by atoms with E-state index in [1.54, 1.807) is 24.3 Å². The SMILES string of the molecule is CCCCCCOOC(=O)c1ccccc1.O=C(O)OC(=O)O. The highest BCUT2D eigenvalue weighted by molar-refractivity contribution is 5.88. The Hall–Kier alpha value is -2.61. The maximum Gasteiger partial charge on any atom is 0.516 e. The molecule has 0 aliphatic carbocycles. The predicted molar refractivity (Wildman–Crippen MR) is 79.1 cm³/mol. The quantitative estimate of drug-likeness (QED) is 0.255. The standard InChI is InChI=1S/C13H18O3.C2H2O5/c1-2-3-4-8-11-15-16-13(14)12-9-6-5-7-10-12;3-1(4)7-2(5)6/h5-7,9-10H,2-4,8,11H2,1H3;(H,3,4)(H,5,6). The maximum atomic E-state index is 11.4. The topological polar surface area (TPSA) is 119 Å². The van der Waals surface area contributed by atoms with Crippen molar-refractivity contribution in [2.75, 3.05) is 6.61 Å². The molecule has 0 atom stereocenters. The first-order chi connectivity index (χ1) is 11.0. The van der Waals surface area contributed by atoms with Crippen LogP contribution in [-0.2, 0) is 14.5 Å². The minimum Gasteiger partial charge on any atom is -0.449 e. The Labute approximate surface area is 133 Å². The summed E-state index contributed by atoms with van der Waals surface area (Å²) >= 11 is 0. The average molecular weight is 328 g/mol. The van der Waals surface area contributed by atoms with Crippen LogP contribution >= 0.6 is 0 Å². The zero-order valence-corrected chi connectivity index (χ0v) is 12.8. The zero-order valence-electron chi connectivity index (χ0n) is 12.8. The van der Waals surface area contributed by atoms with Crippen molar-refractivity contribution in [3.8, 4) is 0 Å². The molecule has 0 saturated heterocycles. The van der Waals surface area contributed by atoms with Gasteiger partial charge in [0.15, 0.2) is 0 Å². The highest BCUT2D eigenvalue weighted by Crippen LogP contribution is 2.03. The third kappa shape index (κ3) is 12.8. The molecule has 0 radical (unpaired) electrons. The molecule has 128 valence electrons. The summed E-state index contributed by atoms with van der Waals surface area (Å²) in [5.41, 5.74) is 0.510. The van der Waals surface area contributed by atoms with Crippen molar-refractivity contribution >= 4 is 18.3 Å². The van der Waals surface area contributed by atoms with Crippen LogP contribution < -0.4 is 0 Å². The van der Waals surface area contributed by atoms with Gasteiger partial charge in [0.05, 0.1) is 12.2 Å². The van der Waals surface area contributed by atoms with Crippen LogP contribution in [0.25, 0.3) is 0 Å². The lowest BCUT2D eigenvalue weighted by molar-refractivity contribution is -0.241. The monoisotopic (exact) mass is 328 g/mol. The molecule has 0 saturated carbocycles. The number of unbranched alkanes of at least 4 members (excludes halogenated alkanes) is 3. The summed E-state index contributed by atoms with van der Waals surface area (Å²) in [6.07, 6.45) is 0.787. The van der Waals surface area contributed by atoms with Crippen LogP contribution in [0.2, 0.25) is 0 Å². The summed E-state index contributed by atoms with van der Waals surface area (Å²) in [6.45, 7) is 2.62. The highest BCUT2D eigenvalue weighted by atomic mass is 17.2. The molecule has 0 aromatic heterocycles. The first-order valence-electron chi connectivity index (χ1n) is 7.00. The molecule has 1 rings (SSSR count). The molecular weight excluding hydrogens is 308 g/mol. The van der Waals surface area contributed by atoms with Gasteiger partial charge in [-0.05, 0) is 18.6 Å². The molecule has 0 amide bonds. The van der Waals surface area contributed by atoms with Crippen molar-refractivity contribution in [1.29, 1.82) is 0 Å². The van der Waals surface area contributed by atoms with Crippen molar-refractivity contribution < 1.29 is 39.1 Å². The number of rotatable bonds is 7. The molecule has 8 nitrogen and oxygen atoms in total. The summed E-state index contributed by atoms with van der Waals surface area (Å²) in [7, 11) is 0. The third-order valence-corrected chi connectivity index (χ3v) is 2.40. The van der Waals surface area contributed by atoms with E-state index in [4.69, 9.17) is 15.1 Å². The molecule has 8 heteroatoms. The van der Waals surface area contributed by atoms with E-state index in [9.17, 15) is 14.4 Å². The lowest BCUT2D eigenvalue weighted by atomic mass is 10.2. The first kappa shape index (κ1) is 20.4. The normalized spacial score (nSPS) is 9.26. The molecule has 0 fully saturated rings. The van der Waals surface area contributed by atoms with Gasteiger partial charge in [-0.3, -0.25) is 4.89 Å². The van der Waals surface area contributed by atoms with Gasteiger partial charge in [-0.1, -0.05) is 44.4 Å². The molecule has 23 heavy (non-hydrogen) atoms. The minimum absolute atomic E-state index is 0.434. The fourth-order valence-electron chi connectivity index (χ4n) is 1.38. The van der Waals surface area contributed by atoms with Gasteiger partial charge in [-0.25, -0.2) is 14.4 Å². The molecule has 2 N–H and O–H groups in total. The molecule has 0 spiro atoms. The largest absolute Gasteiger partial charge is 0.516 e. The fraction of sp³-hybridized carbons (Fsp3) is 0.400. The highest BCUT2D eigenvalue weighted by Gasteiger charge is 2.06. The summed E-state index contributed by atoms with van der Waals surface area (Å²) in [5.74, 6) is -0.434. The van der Waals surface area contributed by atoms with Crippen molar-refractivity contribution in [3.63, 3.8) is 0 Å². The molecule has 1 aromatic rings. The van der Waals surface area contributed by atoms with E-state index < -0.39 is 18.3 Å². The van der Waals surface area contributed by atoms with Gasteiger partial charge in [0.1, 0.15) is 0 Å². The Kier molecular flexibility index (Phi) is 11.6. The molecule has 0 bridgehead atoms. The Morgan fingerprint density at radius 1 is 0.957 bits per heavy atom. The number of carbonyl (C=O) groups is 3. The number of benzene rings is 1. The van der Waals surface area contributed by atoms with Crippen LogP contribution in [0.3, 0.4) is 0 Å². The van der Waals surface area contributed by atoms with Crippen LogP contribution in [0.15, 0.2) is 30.3 Å². The second-order valence-corrected chi connectivity index (χ2v) is 4.25. The molecule has 0 unspecified atom stereocenters. The summed E-state index contributed by atoms with van der Waals surface area (Å²) < 4.78 is 3.08. The van der Waals surface area contributed by atoms with Gasteiger partial charge in [0.2, 0.25) is 0 Å². The van der Waals surface area contributed by atoms with E-state index in [1.807, 2.05) is 6.07 Å². The number of hydrogen-bond acceptors (Lipinski definition) is 6. The summed E-state index contributed by atoms with van der Waals surface area (Å²) in [4.78, 5) is 39.3. The number of hydrogen-bond donors (Lipinski definition) is 2. The minimum atomic E-state index is -1.81. The van der Waals surface area contributed by atoms with E-state index in [0.29, 0.717) is 12.2 Å². The van der Waals surface area contributed by atoms with Gasteiger partial charge < -0.3 is 14.9 Å². The van der Waals surface area contributed by atoms with Crippen molar-refractivity contribution in [3.05, 3.63) is 35.9 Å². The average Bonchev–Trinajstić information content (AvgIpc) is 2.50. The maximum absolute atomic E-state index is 11.4. The van der Waals surface area contributed by atoms with Gasteiger partial charge in [0.25, 0.3) is 0 Å². The third-order valence-electron chi connectivity index (χ3n) is 2.40. The van der Waals surface area contributed by atoms with E-state index in [0.717, 1.165) is 12.8 Å². The van der Waals surface area contributed by atoms with Crippen LogP contribution in [0.5, 0.6) is 0 Å². The van der Waals surface area contributed by atoms with Crippen LogP contribution in [-0.4, -0.2) is 35.1 Å². The molecule has 1 aromatic carbocycles. The molecular formula is C15H20O8. The Morgan fingerprint density at radius 2 is 1.57 bits per heavy atom. The van der Waals surface area contributed by atoms with Crippen LogP contribution in [0.4, 0.5) is 9.59 Å². The second-order valence-electron chi connectivity index (χ2n) is 4.25. The fourth-order valence-corrected chi connectivity index (χ4v) is 1.38. The molecule has 0 aliphatic rings. The van der Waals surface area contributed by atoms with E-state index >= 15 is 0 Å². The zero-order chi connectivity index (χ0) is 17.5. The van der Waals surface area contributed by atoms with Gasteiger partial charge in [-0.15, -0.1) is 0 Å². The number of carboxylic acid groups (broad SMARTS) is 2. The number of carbonyl (C=O) groups excluding carboxylic acids is 1. The van der Waals surface area contributed by atoms with Crippen LogP contribution in [0.1, 0.15) is 43.0 Å². The van der Waals surface area contributed by atoms with Crippen molar-refractivity contribution in [1.82, 2.24) is 0 Å². The van der Waals surface area contributed by atoms with E-state index in [1.165, 1.54) is 12.8 Å². The van der Waals surface area contributed by atoms with Crippen molar-refractivity contribution in [2.24, 2.45) is 0 Å². The Morgan fingerprint density at radius 3 is 2.04 bits per heavy atom. The second kappa shape index (κ2) is 13.1. The predicted octanol–water partition coefficient (Wildman–Crippen LogP) is 3.71.